The average Bonchev–Trinajstić information content (AvgIpc) is 2.66. The van der Waals surface area contributed by atoms with Gasteiger partial charge in [-0.2, -0.15) is 0 Å². The normalized spacial score (nSPS) is 27.7. The number of benzene rings is 1. The average molecular weight is 402 g/mol. The van der Waals surface area contributed by atoms with E-state index >= 15 is 0 Å². The number of rotatable bonds is 6. The van der Waals surface area contributed by atoms with Crippen molar-refractivity contribution in [1.82, 2.24) is 10.2 Å². The zero-order valence-corrected chi connectivity index (χ0v) is 18.3. The van der Waals surface area contributed by atoms with E-state index in [-0.39, 0.29) is 23.5 Å². The number of nitrogens with two attached hydrogens (primary N) is 1. The first-order valence-electron chi connectivity index (χ1n) is 11.3. The summed E-state index contributed by atoms with van der Waals surface area (Å²) >= 11 is 0. The van der Waals surface area contributed by atoms with E-state index in [4.69, 9.17) is 5.73 Å². The molecule has 2 fully saturated rings. The number of carbonyl (C=O) groups is 1. The molecule has 29 heavy (non-hydrogen) atoms. The third-order valence-corrected chi connectivity index (χ3v) is 6.53. The van der Waals surface area contributed by atoms with Crippen molar-refractivity contribution in [3.63, 3.8) is 0 Å². The lowest BCUT2D eigenvalue weighted by molar-refractivity contribution is -0.132. The van der Waals surface area contributed by atoms with Crippen LogP contribution in [0.15, 0.2) is 30.3 Å². The third-order valence-electron chi connectivity index (χ3n) is 6.53. The summed E-state index contributed by atoms with van der Waals surface area (Å²) in [4.78, 5) is 15.3. The number of carbonyl (C=O) groups excluding carboxylic acids is 1. The number of nitrogens with one attached hydrogen (secondary N) is 1. The van der Waals surface area contributed by atoms with E-state index in [1.54, 1.807) is 0 Å². The van der Waals surface area contributed by atoms with Gasteiger partial charge in [0.15, 0.2) is 0 Å². The highest BCUT2D eigenvalue weighted by molar-refractivity contribution is 5.82. The quantitative estimate of drug-likeness (QED) is 0.685. The van der Waals surface area contributed by atoms with Crippen molar-refractivity contribution in [1.29, 1.82) is 0 Å². The molecule has 1 saturated carbocycles. The fraction of sp³-hybridized carbons (Fsp3) is 0.708. The van der Waals surface area contributed by atoms with Crippen LogP contribution in [0.1, 0.15) is 58.4 Å². The predicted molar refractivity (Wildman–Crippen MR) is 117 cm³/mol. The molecule has 0 unspecified atom stereocenters. The van der Waals surface area contributed by atoms with Gasteiger partial charge < -0.3 is 16.2 Å². The second-order valence-corrected chi connectivity index (χ2v) is 10.2. The van der Waals surface area contributed by atoms with Crippen LogP contribution in [0, 0.1) is 11.8 Å². The summed E-state index contributed by atoms with van der Waals surface area (Å²) in [6.45, 7) is 7.41. The Morgan fingerprint density at radius 3 is 2.52 bits per heavy atom. The van der Waals surface area contributed by atoms with E-state index in [1.165, 1.54) is 25.7 Å². The number of β-amino-alcohol motifs (C(OH)–C–C–N with tert-alkyl or cyclic N) is 1. The van der Waals surface area contributed by atoms with E-state index < -0.39 is 6.10 Å². The maximum atomic E-state index is 13.1. The van der Waals surface area contributed by atoms with Crippen LogP contribution in [0.2, 0.25) is 0 Å². The molecule has 0 radical (unpaired) electrons. The van der Waals surface area contributed by atoms with Crippen molar-refractivity contribution >= 4 is 5.91 Å². The van der Waals surface area contributed by atoms with Crippen molar-refractivity contribution in [2.75, 3.05) is 13.1 Å². The second-order valence-electron chi connectivity index (χ2n) is 10.2. The highest BCUT2D eigenvalue weighted by Crippen LogP contribution is 2.38. The van der Waals surface area contributed by atoms with E-state index in [2.05, 4.69) is 10.2 Å². The van der Waals surface area contributed by atoms with Gasteiger partial charge in [0.2, 0.25) is 5.91 Å². The van der Waals surface area contributed by atoms with Gasteiger partial charge in [0, 0.05) is 24.7 Å². The van der Waals surface area contributed by atoms with Crippen LogP contribution >= 0.6 is 0 Å². The summed E-state index contributed by atoms with van der Waals surface area (Å²) in [7, 11) is 0. The first-order valence-corrected chi connectivity index (χ1v) is 11.3. The van der Waals surface area contributed by atoms with Crippen LogP contribution in [0.3, 0.4) is 0 Å². The molecule has 5 heteroatoms. The Morgan fingerprint density at radius 2 is 1.86 bits per heavy atom. The number of piperidine rings is 1. The highest BCUT2D eigenvalue weighted by Gasteiger charge is 2.41. The topological polar surface area (TPSA) is 78.6 Å². The maximum Gasteiger partial charge on any atom is 0.237 e. The van der Waals surface area contributed by atoms with E-state index in [9.17, 15) is 9.90 Å². The lowest BCUT2D eigenvalue weighted by Crippen LogP contribution is -2.59. The summed E-state index contributed by atoms with van der Waals surface area (Å²) in [5.74, 6) is 1.36. The van der Waals surface area contributed by atoms with Crippen LogP contribution in [0.5, 0.6) is 0 Å². The van der Waals surface area contributed by atoms with Gasteiger partial charge in [0.25, 0.3) is 0 Å². The van der Waals surface area contributed by atoms with Crippen molar-refractivity contribution in [3.05, 3.63) is 35.9 Å². The number of hydrogen-bond acceptors (Lipinski definition) is 4. The van der Waals surface area contributed by atoms with Gasteiger partial charge in [0.1, 0.15) is 0 Å². The number of aliphatic hydroxyl groups is 1. The Balaban J connectivity index is 1.67. The molecule has 2 aliphatic rings. The van der Waals surface area contributed by atoms with E-state index in [0.717, 1.165) is 18.5 Å². The van der Waals surface area contributed by atoms with E-state index in [1.807, 2.05) is 51.1 Å². The fourth-order valence-corrected chi connectivity index (χ4v) is 5.02. The molecule has 1 aromatic carbocycles. The Bertz CT molecular complexity index is 658. The number of aliphatic hydroxyl groups excluding tert-OH is 1. The minimum atomic E-state index is -0.653. The molecule has 1 aliphatic heterocycles. The smallest absolute Gasteiger partial charge is 0.237 e. The van der Waals surface area contributed by atoms with Gasteiger partial charge >= 0.3 is 0 Å². The van der Waals surface area contributed by atoms with Crippen LogP contribution in [0.4, 0.5) is 0 Å². The molecule has 4 N–H and O–H groups in total. The number of nitrogens with zero attached hydrogens (tertiary/aromatic N) is 1. The van der Waals surface area contributed by atoms with Crippen molar-refractivity contribution in [3.8, 4) is 0 Å². The molecule has 1 amide bonds. The molecule has 1 aromatic rings. The predicted octanol–water partition coefficient (Wildman–Crippen LogP) is 2.71. The fourth-order valence-electron chi connectivity index (χ4n) is 5.02. The molecule has 1 saturated heterocycles. The monoisotopic (exact) mass is 401 g/mol. The number of likely N-dealkylation sites (tertiary alicyclic amines) is 1. The molecule has 5 atom stereocenters. The molecule has 0 aromatic heterocycles. The molecule has 0 bridgehead atoms. The minimum absolute atomic E-state index is 0.0883. The molecule has 5 nitrogen and oxygen atoms in total. The van der Waals surface area contributed by atoms with E-state index in [0.29, 0.717) is 24.8 Å². The van der Waals surface area contributed by atoms with Crippen LogP contribution in [-0.4, -0.2) is 52.7 Å². The Morgan fingerprint density at radius 1 is 1.21 bits per heavy atom. The van der Waals surface area contributed by atoms with Crippen molar-refractivity contribution in [2.45, 2.75) is 83.0 Å². The molecular weight excluding hydrogens is 362 g/mol. The first kappa shape index (κ1) is 22.3. The minimum Gasteiger partial charge on any atom is -0.390 e. The van der Waals surface area contributed by atoms with Gasteiger partial charge in [-0.15, -0.1) is 0 Å². The zero-order valence-electron chi connectivity index (χ0n) is 18.3. The SMILES string of the molecule is CC(C)(C)NC(=O)[C@@H]1C[C@@H]2CCCC[C@@H]2CN1C[C@H](O)[C@@H](N)Cc1ccccc1. The summed E-state index contributed by atoms with van der Waals surface area (Å²) in [5.41, 5.74) is 7.22. The molecule has 3 rings (SSSR count). The largest absolute Gasteiger partial charge is 0.390 e. The molecule has 0 spiro atoms. The first-order chi connectivity index (χ1) is 13.7. The van der Waals surface area contributed by atoms with Gasteiger partial charge in [0.05, 0.1) is 12.1 Å². The maximum absolute atomic E-state index is 13.1. The van der Waals surface area contributed by atoms with Gasteiger partial charge in [-0.3, -0.25) is 9.69 Å². The van der Waals surface area contributed by atoms with Crippen LogP contribution in [0.25, 0.3) is 0 Å². The number of fused-ring (bicyclic) bond motifs is 1. The van der Waals surface area contributed by atoms with Gasteiger partial charge in [-0.25, -0.2) is 0 Å². The standard InChI is InChI=1S/C24H39N3O2/c1-24(2,3)26-23(29)21-14-18-11-7-8-12-19(18)15-27(21)16-22(28)20(25)13-17-9-5-4-6-10-17/h4-6,9-10,18-22,28H,7-8,11-16,25H2,1-3H3,(H,26,29)/t18-,19+,20-,21-,22-/m0/s1. The number of amides is 1. The molecule has 162 valence electrons. The summed E-state index contributed by atoms with van der Waals surface area (Å²) < 4.78 is 0. The Kier molecular flexibility index (Phi) is 7.36. The second kappa shape index (κ2) is 9.59. The lowest BCUT2D eigenvalue weighted by atomic mass is 9.72. The zero-order chi connectivity index (χ0) is 21.0. The summed E-state index contributed by atoms with van der Waals surface area (Å²) in [6, 6.07) is 9.54. The van der Waals surface area contributed by atoms with Gasteiger partial charge in [-0.1, -0.05) is 49.6 Å². The summed E-state index contributed by atoms with van der Waals surface area (Å²) in [5, 5.41) is 14.0. The number of hydrogen-bond donors (Lipinski definition) is 3. The third kappa shape index (κ3) is 6.27. The lowest BCUT2D eigenvalue weighted by Gasteiger charge is -2.46. The van der Waals surface area contributed by atoms with Crippen molar-refractivity contribution in [2.24, 2.45) is 17.6 Å². The highest BCUT2D eigenvalue weighted by atomic mass is 16.3. The molecular formula is C24H39N3O2. The van der Waals surface area contributed by atoms with Crippen LogP contribution in [-0.2, 0) is 11.2 Å². The van der Waals surface area contributed by atoms with Crippen LogP contribution < -0.4 is 11.1 Å². The Labute approximate surface area is 176 Å². The summed E-state index contributed by atoms with van der Waals surface area (Å²) in [6.07, 6.45) is 5.91. The Hall–Kier alpha value is -1.43. The molecule has 1 heterocycles. The van der Waals surface area contributed by atoms with Crippen molar-refractivity contribution < 1.29 is 9.90 Å². The molecule has 1 aliphatic carbocycles. The van der Waals surface area contributed by atoms with Gasteiger partial charge in [-0.05, 0) is 57.4 Å².